The molecule has 0 heterocycles. The van der Waals surface area contributed by atoms with Crippen molar-refractivity contribution in [3.63, 3.8) is 0 Å². The fourth-order valence-corrected chi connectivity index (χ4v) is 2.45. The lowest BCUT2D eigenvalue weighted by Gasteiger charge is -2.38. The number of aliphatic carboxylic acids is 3. The van der Waals surface area contributed by atoms with Crippen LogP contribution in [0.15, 0.2) is 0 Å². The Balaban J connectivity index is 5.65. The molecule has 0 bridgehead atoms. The second-order valence-corrected chi connectivity index (χ2v) is 5.36. The van der Waals surface area contributed by atoms with Gasteiger partial charge in [0.15, 0.2) is 0 Å². The number of carboxylic acid groups (broad SMARTS) is 3. The summed E-state index contributed by atoms with van der Waals surface area (Å²) in [4.78, 5) is 32.9. The van der Waals surface area contributed by atoms with Gasteiger partial charge in [0, 0.05) is 10.8 Å². The second-order valence-electron chi connectivity index (χ2n) is 5.36. The molecule has 0 unspecified atom stereocenters. The summed E-state index contributed by atoms with van der Waals surface area (Å²) in [6.45, 7) is -2.21. The first kappa shape index (κ1) is 19.3. The third kappa shape index (κ3) is 6.06. The molecule has 0 aromatic rings. The molecular formula is C12H20O9. The SMILES string of the molecule is O=C(O)CC(CC(=O)O)(CC(=O)O)CC(CO)(CO)CO. The van der Waals surface area contributed by atoms with Gasteiger partial charge >= 0.3 is 17.9 Å². The van der Waals surface area contributed by atoms with Crippen LogP contribution in [0, 0.1) is 10.8 Å². The van der Waals surface area contributed by atoms with Gasteiger partial charge in [-0.25, -0.2) is 0 Å². The van der Waals surface area contributed by atoms with Gasteiger partial charge < -0.3 is 30.6 Å². The van der Waals surface area contributed by atoms with Crippen molar-refractivity contribution in [2.24, 2.45) is 10.8 Å². The van der Waals surface area contributed by atoms with E-state index < -0.39 is 74.2 Å². The number of hydrogen-bond acceptors (Lipinski definition) is 6. The maximum atomic E-state index is 11.0. The molecule has 0 aliphatic heterocycles. The van der Waals surface area contributed by atoms with Crippen molar-refractivity contribution in [3.05, 3.63) is 0 Å². The molecule has 0 aromatic heterocycles. The fraction of sp³-hybridized carbons (Fsp3) is 0.750. The maximum Gasteiger partial charge on any atom is 0.303 e. The Bertz CT molecular complexity index is 337. The highest BCUT2D eigenvalue weighted by atomic mass is 16.4. The molecule has 0 radical (unpaired) electrons. The van der Waals surface area contributed by atoms with E-state index >= 15 is 0 Å². The number of rotatable bonds is 11. The number of carboxylic acids is 3. The van der Waals surface area contributed by atoms with Gasteiger partial charge in [-0.2, -0.15) is 0 Å². The summed E-state index contributed by atoms with van der Waals surface area (Å²) >= 11 is 0. The van der Waals surface area contributed by atoms with Crippen molar-refractivity contribution in [3.8, 4) is 0 Å². The summed E-state index contributed by atoms with van der Waals surface area (Å²) in [5.74, 6) is -4.21. The molecule has 0 amide bonds. The standard InChI is InChI=1S/C12H20O9/c13-5-12(6-14,7-15)4-11(1-8(16)17,2-9(18)19)3-10(20)21/h13-15H,1-7H2,(H,16,17)(H,18,19)(H,20,21). The van der Waals surface area contributed by atoms with Crippen molar-refractivity contribution in [1.82, 2.24) is 0 Å². The van der Waals surface area contributed by atoms with Gasteiger partial charge in [0.1, 0.15) is 0 Å². The number of carbonyl (C=O) groups is 3. The molecule has 9 nitrogen and oxygen atoms in total. The van der Waals surface area contributed by atoms with Gasteiger partial charge in [-0.3, -0.25) is 14.4 Å². The molecule has 0 aliphatic rings. The van der Waals surface area contributed by atoms with Crippen LogP contribution in [0.25, 0.3) is 0 Å². The van der Waals surface area contributed by atoms with Crippen LogP contribution in [0.1, 0.15) is 25.7 Å². The molecule has 0 saturated carbocycles. The van der Waals surface area contributed by atoms with Gasteiger partial charge in [-0.05, 0) is 6.42 Å². The second kappa shape index (κ2) is 7.91. The van der Waals surface area contributed by atoms with E-state index in [9.17, 15) is 29.7 Å². The molecule has 0 rings (SSSR count). The Morgan fingerprint density at radius 2 is 0.905 bits per heavy atom. The molecule has 122 valence electrons. The highest BCUT2D eigenvalue weighted by Gasteiger charge is 2.45. The maximum absolute atomic E-state index is 11.0. The lowest BCUT2D eigenvalue weighted by Crippen LogP contribution is -2.43. The predicted octanol–water partition coefficient (Wildman–Crippen LogP) is -1.25. The molecule has 0 fully saturated rings. The van der Waals surface area contributed by atoms with Gasteiger partial charge in [0.25, 0.3) is 0 Å². The lowest BCUT2D eigenvalue weighted by atomic mass is 9.66. The van der Waals surface area contributed by atoms with E-state index in [0.717, 1.165) is 0 Å². The zero-order valence-corrected chi connectivity index (χ0v) is 11.4. The normalized spacial score (nSPS) is 12.1. The molecule has 21 heavy (non-hydrogen) atoms. The molecule has 0 aromatic carbocycles. The number of aliphatic hydroxyl groups excluding tert-OH is 3. The monoisotopic (exact) mass is 308 g/mol. The van der Waals surface area contributed by atoms with Crippen LogP contribution in [0.4, 0.5) is 0 Å². The predicted molar refractivity (Wildman–Crippen MR) is 67.5 cm³/mol. The van der Waals surface area contributed by atoms with Crippen LogP contribution < -0.4 is 0 Å². The molecule has 0 saturated heterocycles. The smallest absolute Gasteiger partial charge is 0.303 e. The van der Waals surface area contributed by atoms with E-state index in [4.69, 9.17) is 15.3 Å². The molecule has 6 N–H and O–H groups in total. The highest BCUT2D eigenvalue weighted by Crippen LogP contribution is 2.42. The average molecular weight is 308 g/mol. The largest absolute Gasteiger partial charge is 0.481 e. The van der Waals surface area contributed by atoms with Crippen LogP contribution in [0.3, 0.4) is 0 Å². The minimum absolute atomic E-state index is 0.450. The van der Waals surface area contributed by atoms with Gasteiger partial charge in [0.05, 0.1) is 39.1 Å². The quantitative estimate of drug-likeness (QED) is 0.272. The summed E-state index contributed by atoms with van der Waals surface area (Å²) < 4.78 is 0. The molecular weight excluding hydrogens is 288 g/mol. The van der Waals surface area contributed by atoms with Gasteiger partial charge in [-0.1, -0.05) is 0 Å². The van der Waals surface area contributed by atoms with E-state index in [-0.39, 0.29) is 0 Å². The molecule has 0 spiro atoms. The Labute approximate surface area is 120 Å². The minimum atomic E-state index is -1.72. The van der Waals surface area contributed by atoms with Crippen LogP contribution in [0.5, 0.6) is 0 Å². The van der Waals surface area contributed by atoms with Crippen LogP contribution in [-0.4, -0.2) is 68.4 Å². The Kier molecular flexibility index (Phi) is 7.27. The zero-order valence-electron chi connectivity index (χ0n) is 11.4. The minimum Gasteiger partial charge on any atom is -0.481 e. The third-order valence-corrected chi connectivity index (χ3v) is 3.33. The van der Waals surface area contributed by atoms with Crippen molar-refractivity contribution >= 4 is 17.9 Å². The van der Waals surface area contributed by atoms with E-state index in [1.807, 2.05) is 0 Å². The first-order valence-corrected chi connectivity index (χ1v) is 6.12. The third-order valence-electron chi connectivity index (χ3n) is 3.33. The summed E-state index contributed by atoms with van der Waals surface area (Å²) in [6, 6.07) is 0. The first-order chi connectivity index (χ1) is 9.64. The van der Waals surface area contributed by atoms with Crippen molar-refractivity contribution < 1.29 is 45.0 Å². The van der Waals surface area contributed by atoms with Gasteiger partial charge in [0.2, 0.25) is 0 Å². The van der Waals surface area contributed by atoms with Crippen molar-refractivity contribution in [1.29, 1.82) is 0 Å². The van der Waals surface area contributed by atoms with Crippen LogP contribution >= 0.6 is 0 Å². The number of aliphatic hydroxyl groups is 3. The van der Waals surface area contributed by atoms with Crippen LogP contribution in [-0.2, 0) is 14.4 Å². The highest BCUT2D eigenvalue weighted by molar-refractivity contribution is 5.75. The Hall–Kier alpha value is -1.71. The summed E-state index contributed by atoms with van der Waals surface area (Å²) in [5.41, 5.74) is -3.28. The Morgan fingerprint density at radius 1 is 0.619 bits per heavy atom. The first-order valence-electron chi connectivity index (χ1n) is 6.12. The molecule has 0 atom stereocenters. The van der Waals surface area contributed by atoms with Crippen molar-refractivity contribution in [2.45, 2.75) is 25.7 Å². The zero-order chi connectivity index (χ0) is 16.7. The van der Waals surface area contributed by atoms with Crippen molar-refractivity contribution in [2.75, 3.05) is 19.8 Å². The van der Waals surface area contributed by atoms with Gasteiger partial charge in [-0.15, -0.1) is 0 Å². The van der Waals surface area contributed by atoms with E-state index in [0.29, 0.717) is 0 Å². The summed E-state index contributed by atoms with van der Waals surface area (Å²) in [5, 5.41) is 54.6. The van der Waals surface area contributed by atoms with E-state index in [2.05, 4.69) is 0 Å². The average Bonchev–Trinajstić information content (AvgIpc) is 2.33. The van der Waals surface area contributed by atoms with Crippen LogP contribution in [0.2, 0.25) is 0 Å². The Morgan fingerprint density at radius 3 is 1.10 bits per heavy atom. The molecule has 9 heteroatoms. The van der Waals surface area contributed by atoms with E-state index in [1.165, 1.54) is 0 Å². The topological polar surface area (TPSA) is 173 Å². The lowest BCUT2D eigenvalue weighted by molar-refractivity contribution is -0.151. The summed E-state index contributed by atoms with van der Waals surface area (Å²) in [6.07, 6.45) is -2.76. The molecule has 0 aliphatic carbocycles. The van der Waals surface area contributed by atoms with E-state index in [1.54, 1.807) is 0 Å². The fourth-order valence-electron chi connectivity index (χ4n) is 2.45. The number of hydrogen-bond donors (Lipinski definition) is 6. The summed E-state index contributed by atoms with van der Waals surface area (Å²) in [7, 11) is 0.